The summed E-state index contributed by atoms with van der Waals surface area (Å²) >= 11 is 0. The second-order valence-electron chi connectivity index (χ2n) is 2.62. The second kappa shape index (κ2) is 2.29. The van der Waals surface area contributed by atoms with Crippen molar-refractivity contribution in [3.63, 3.8) is 0 Å². The Kier molecular flexibility index (Phi) is 1.16. The molecule has 1 aliphatic rings. The fraction of sp³-hybridized carbons (Fsp3) is 0. The van der Waals surface area contributed by atoms with Crippen molar-refractivity contribution in [3.8, 4) is 0 Å². The molecule has 60 valence electrons. The Bertz CT molecular complexity index is 504. The summed E-state index contributed by atoms with van der Waals surface area (Å²) in [6.07, 6.45) is 0. The molecule has 2 aromatic heterocycles. The molecule has 0 amide bonds. The summed E-state index contributed by atoms with van der Waals surface area (Å²) in [5, 5.41) is 19.6. The standard InChI is InChI=1S/C6H3BN6/c1-2-7-5-4-3(1)8-12-10-6(4)11-13-9-5/h1-2H,(H,8,9,10,11). The molecule has 1 N–H and O–H groups in total. The van der Waals surface area contributed by atoms with Gasteiger partial charge in [-0.1, -0.05) is 0 Å². The summed E-state index contributed by atoms with van der Waals surface area (Å²) in [7, 11) is 0. The van der Waals surface area contributed by atoms with E-state index in [-0.39, 0.29) is 0 Å². The SMILES string of the molecule is b1ccc2c3c(nnnc13)N=NN2. The topological polar surface area (TPSA) is 75.4 Å². The third-order valence-electron chi connectivity index (χ3n) is 1.87. The van der Waals surface area contributed by atoms with Crippen molar-refractivity contribution in [2.24, 2.45) is 10.3 Å². The quantitative estimate of drug-likeness (QED) is 0.633. The Hall–Kier alpha value is -1.92. The predicted octanol–water partition coefficient (Wildman–Crippen LogP) is 0.787. The van der Waals surface area contributed by atoms with Gasteiger partial charge in [0.05, 0.1) is 0 Å². The van der Waals surface area contributed by atoms with E-state index < -0.39 is 0 Å². The van der Waals surface area contributed by atoms with E-state index in [4.69, 9.17) is 0 Å². The van der Waals surface area contributed by atoms with Gasteiger partial charge >= 0.3 is 72.4 Å². The molecule has 0 saturated carbocycles. The molecule has 0 radical (unpaired) electrons. The first-order valence-corrected chi connectivity index (χ1v) is 3.74. The Morgan fingerprint density at radius 1 is 1.31 bits per heavy atom. The van der Waals surface area contributed by atoms with Crippen LogP contribution in [0.25, 0.3) is 10.8 Å². The summed E-state index contributed by atoms with van der Waals surface area (Å²) in [5.41, 5.74) is 4.42. The molecule has 2 aromatic rings. The fourth-order valence-electron chi connectivity index (χ4n) is 1.31. The second-order valence-corrected chi connectivity index (χ2v) is 2.62. The summed E-state index contributed by atoms with van der Waals surface area (Å²) in [5.74, 6) is 2.39. The van der Waals surface area contributed by atoms with Crippen LogP contribution in [0.2, 0.25) is 0 Å². The van der Waals surface area contributed by atoms with Crippen molar-refractivity contribution < 1.29 is 0 Å². The molecule has 13 heavy (non-hydrogen) atoms. The third kappa shape index (κ3) is 0.836. The molecule has 0 unspecified atom stereocenters. The van der Waals surface area contributed by atoms with Gasteiger partial charge in [-0.3, -0.25) is 0 Å². The van der Waals surface area contributed by atoms with Crippen molar-refractivity contribution in [2.45, 2.75) is 0 Å². The molecule has 6 nitrogen and oxygen atoms in total. The van der Waals surface area contributed by atoms with Gasteiger partial charge in [-0.25, -0.2) is 0 Å². The molecular weight excluding hydrogens is 167 g/mol. The number of nitrogens with one attached hydrogen (secondary N) is 1. The Morgan fingerprint density at radius 3 is 3.31 bits per heavy atom. The minimum absolute atomic E-state index is 0.513. The van der Waals surface area contributed by atoms with E-state index in [9.17, 15) is 0 Å². The first-order chi connectivity index (χ1) is 6.45. The van der Waals surface area contributed by atoms with E-state index >= 15 is 0 Å². The van der Waals surface area contributed by atoms with Gasteiger partial charge in [0.2, 0.25) is 0 Å². The molecule has 0 fully saturated rings. The van der Waals surface area contributed by atoms with Crippen LogP contribution in [0.4, 0.5) is 11.5 Å². The van der Waals surface area contributed by atoms with Crippen LogP contribution in [0.15, 0.2) is 22.4 Å². The van der Waals surface area contributed by atoms with Crippen LogP contribution in [0.1, 0.15) is 0 Å². The van der Waals surface area contributed by atoms with Crippen LogP contribution in [-0.4, -0.2) is 22.3 Å². The number of anilines is 1. The molecule has 3 heterocycles. The Morgan fingerprint density at radius 2 is 2.31 bits per heavy atom. The zero-order valence-corrected chi connectivity index (χ0v) is 6.47. The number of rotatable bonds is 0. The first-order valence-electron chi connectivity index (χ1n) is 3.74. The summed E-state index contributed by atoms with van der Waals surface area (Å²) in [4.78, 5) is 0. The van der Waals surface area contributed by atoms with E-state index in [0.717, 1.165) is 16.5 Å². The van der Waals surface area contributed by atoms with Gasteiger partial charge in [0, 0.05) is 0 Å². The number of nitrogens with zero attached hydrogens (tertiary/aromatic N) is 5. The molecule has 0 spiro atoms. The third-order valence-corrected chi connectivity index (χ3v) is 1.87. The van der Waals surface area contributed by atoms with Crippen molar-refractivity contribution in [1.82, 2.24) is 15.4 Å². The van der Waals surface area contributed by atoms with E-state index in [0.29, 0.717) is 5.82 Å². The van der Waals surface area contributed by atoms with Crippen molar-refractivity contribution >= 4 is 29.2 Å². The summed E-state index contributed by atoms with van der Waals surface area (Å²) < 4.78 is 0. The molecule has 0 aliphatic carbocycles. The van der Waals surface area contributed by atoms with Crippen molar-refractivity contribution in [3.05, 3.63) is 12.0 Å². The first kappa shape index (κ1) is 6.58. The Labute approximate surface area is 73.3 Å². The number of aromatic nitrogens is 3. The van der Waals surface area contributed by atoms with Crippen LogP contribution < -0.4 is 5.43 Å². The molecule has 0 atom stereocenters. The van der Waals surface area contributed by atoms with Crippen LogP contribution in [0, 0.1) is 0 Å². The molecule has 7 heteroatoms. The van der Waals surface area contributed by atoms with Gasteiger partial charge in [-0.05, 0) is 0 Å². The molecule has 0 aromatic carbocycles. The van der Waals surface area contributed by atoms with E-state index in [1.165, 1.54) is 0 Å². The van der Waals surface area contributed by atoms with Gasteiger partial charge in [-0.2, -0.15) is 0 Å². The minimum atomic E-state index is 0.513. The molecule has 1 aliphatic heterocycles. The van der Waals surface area contributed by atoms with E-state index in [1.807, 2.05) is 18.9 Å². The van der Waals surface area contributed by atoms with Crippen LogP contribution in [0.5, 0.6) is 0 Å². The van der Waals surface area contributed by atoms with Crippen LogP contribution >= 0.6 is 0 Å². The van der Waals surface area contributed by atoms with Crippen molar-refractivity contribution in [1.29, 1.82) is 0 Å². The van der Waals surface area contributed by atoms with Crippen LogP contribution in [-0.2, 0) is 0 Å². The van der Waals surface area contributed by atoms with Crippen LogP contribution in [0.3, 0.4) is 0 Å². The number of hydrogen-bond acceptors (Lipinski definition) is 6. The summed E-state index contributed by atoms with van der Waals surface area (Å²) in [6.45, 7) is 1.86. The zero-order chi connectivity index (χ0) is 8.67. The maximum absolute atomic E-state index is 3.88. The molecular formula is C6H3BN6. The predicted molar refractivity (Wildman–Crippen MR) is 46.8 cm³/mol. The monoisotopic (exact) mass is 170 g/mol. The van der Waals surface area contributed by atoms with Gasteiger partial charge in [0.25, 0.3) is 0 Å². The van der Waals surface area contributed by atoms with Gasteiger partial charge in [0.15, 0.2) is 0 Å². The fourth-order valence-corrected chi connectivity index (χ4v) is 1.31. The Balaban J connectivity index is 2.56. The normalized spacial score (nSPS) is 12.6. The van der Waals surface area contributed by atoms with Gasteiger partial charge in [0.1, 0.15) is 0 Å². The zero-order valence-electron chi connectivity index (χ0n) is 6.47. The molecule has 3 rings (SSSR count). The average Bonchev–Trinajstić information content (AvgIpc) is 2.19. The van der Waals surface area contributed by atoms with Gasteiger partial charge in [-0.15, -0.1) is 0 Å². The van der Waals surface area contributed by atoms with E-state index in [2.05, 4.69) is 31.2 Å². The maximum atomic E-state index is 3.88. The average molecular weight is 170 g/mol. The van der Waals surface area contributed by atoms with Gasteiger partial charge < -0.3 is 0 Å². The number of hydrogen-bond donors (Lipinski definition) is 1. The molecule has 0 saturated heterocycles. The summed E-state index contributed by atoms with van der Waals surface area (Å²) in [6, 6.07) is 1.90. The van der Waals surface area contributed by atoms with Crippen molar-refractivity contribution in [2.75, 3.05) is 5.43 Å². The molecule has 0 bridgehead atoms. The van der Waals surface area contributed by atoms with E-state index in [1.54, 1.807) is 0 Å².